The van der Waals surface area contributed by atoms with Gasteiger partial charge >= 0.3 is 49.4 Å². The van der Waals surface area contributed by atoms with Crippen LogP contribution in [-0.2, 0) is 66.1 Å². The summed E-state index contributed by atoms with van der Waals surface area (Å²) in [5.74, 6) is 1.25. The predicted octanol–water partition coefficient (Wildman–Crippen LogP) is 13.5. The molecule has 0 aliphatic rings. The molecule has 5 aromatic carbocycles. The molecular weight excluding hydrogens is 1030 g/mol. The topological polar surface area (TPSA) is 17.1 Å². The second-order valence-corrected chi connectivity index (χ2v) is 17.9. The number of alkyl halides is 24. The molecule has 0 atom stereocenters. The average molecular weight is 1060 g/mol. The Hall–Kier alpha value is -5.50. The van der Waals surface area contributed by atoms with E-state index in [0.29, 0.717) is 10.9 Å². The molecule has 0 aliphatic carbocycles. The zero-order chi connectivity index (χ0) is 53.8. The van der Waals surface area contributed by atoms with Crippen LogP contribution in [0.15, 0.2) is 97.1 Å². The van der Waals surface area contributed by atoms with Crippen molar-refractivity contribution in [2.24, 2.45) is 0 Å². The van der Waals surface area contributed by atoms with Gasteiger partial charge in [0.25, 0.3) is 0 Å². The van der Waals surface area contributed by atoms with Gasteiger partial charge < -0.3 is 0 Å². The summed E-state index contributed by atoms with van der Waals surface area (Å²) in [7, 11) is 0.431. The lowest BCUT2D eigenvalue weighted by molar-refractivity contribution is -0.144. The number of ketones is 1. The molecule has 0 saturated carbocycles. The number of benzene rings is 5. The average Bonchev–Trinajstić information content (AvgIpc) is 3.18. The highest BCUT2D eigenvalue weighted by Gasteiger charge is 2.47. The van der Waals surface area contributed by atoms with Crippen molar-refractivity contribution in [3.8, 4) is 0 Å². The maximum atomic E-state index is 14.2. The molecule has 0 N–H and O–H groups in total. The van der Waals surface area contributed by atoms with Crippen LogP contribution in [-0.4, -0.2) is 24.4 Å². The first-order chi connectivity index (χ1) is 31.4. The fourth-order valence-corrected chi connectivity index (χ4v) is 8.10. The summed E-state index contributed by atoms with van der Waals surface area (Å²) in [6, 6.07) is -0.905. The third-order valence-corrected chi connectivity index (χ3v) is 11.2. The van der Waals surface area contributed by atoms with E-state index in [0.717, 1.165) is 11.3 Å². The normalized spacial score (nSPS) is 13.6. The number of halogens is 24. The Morgan fingerprint density at radius 1 is 0.357 bits per heavy atom. The molecule has 0 spiro atoms. The van der Waals surface area contributed by atoms with Crippen LogP contribution in [0.4, 0.5) is 105 Å². The molecule has 382 valence electrons. The van der Waals surface area contributed by atoms with Crippen LogP contribution in [0.25, 0.3) is 0 Å². The van der Waals surface area contributed by atoms with E-state index in [1.54, 1.807) is 6.92 Å². The van der Waals surface area contributed by atoms with Gasteiger partial charge in [-0.3, -0.25) is 4.79 Å². The van der Waals surface area contributed by atoms with Gasteiger partial charge in [0.2, 0.25) is 0 Å². The third kappa shape index (κ3) is 13.5. The van der Waals surface area contributed by atoms with Crippen LogP contribution in [0.5, 0.6) is 0 Å². The molecule has 0 aliphatic heterocycles. The monoisotopic (exact) mass is 1060 g/mol. The van der Waals surface area contributed by atoms with Gasteiger partial charge in [-0.15, -0.1) is 0 Å². The Labute approximate surface area is 381 Å². The van der Waals surface area contributed by atoms with Crippen molar-refractivity contribution in [2.45, 2.75) is 62.1 Å². The van der Waals surface area contributed by atoms with Crippen molar-refractivity contribution in [3.63, 3.8) is 0 Å². The fourth-order valence-electron chi connectivity index (χ4n) is 7.24. The highest BCUT2D eigenvalue weighted by molar-refractivity contribution is 7.94. The molecule has 0 fully saturated rings. The zero-order valence-corrected chi connectivity index (χ0v) is 35.7. The van der Waals surface area contributed by atoms with Crippen molar-refractivity contribution in [3.05, 3.63) is 153 Å². The Morgan fingerprint density at radius 3 is 0.686 bits per heavy atom. The quantitative estimate of drug-likeness (QED) is 0.0687. The Kier molecular flexibility index (Phi) is 15.7. The highest BCUT2D eigenvalue weighted by atomic mass is 32.2. The van der Waals surface area contributed by atoms with Crippen molar-refractivity contribution in [1.82, 2.24) is 0 Å². The van der Waals surface area contributed by atoms with E-state index in [9.17, 15) is 110 Å². The largest absolute Gasteiger partial charge is 0.416 e. The van der Waals surface area contributed by atoms with Crippen LogP contribution >= 0.6 is 0 Å². The zero-order valence-electron chi connectivity index (χ0n) is 34.9. The van der Waals surface area contributed by atoms with Crippen LogP contribution in [0, 0.1) is 0 Å². The van der Waals surface area contributed by atoms with E-state index in [1.807, 2.05) is 24.3 Å². The fraction of sp³-hybridized carbons (Fsp3) is 0.279. The van der Waals surface area contributed by atoms with Crippen LogP contribution < -0.4 is 21.9 Å². The maximum absolute atomic E-state index is 14.2. The third-order valence-electron chi connectivity index (χ3n) is 10.3. The van der Waals surface area contributed by atoms with Crippen molar-refractivity contribution >= 4 is 44.7 Å². The Bertz CT molecular complexity index is 2240. The Balaban J connectivity index is 0.000000707. The van der Waals surface area contributed by atoms with Gasteiger partial charge in [-0.1, -0.05) is 72.8 Å². The first-order valence-electron chi connectivity index (χ1n) is 18.9. The molecule has 0 heterocycles. The molecule has 0 bridgehead atoms. The number of Topliss-reactive ketones (excluding diaryl/α,β-unsaturated/α-hetero) is 1. The van der Waals surface area contributed by atoms with Crippen LogP contribution in [0.1, 0.15) is 67.4 Å². The summed E-state index contributed by atoms with van der Waals surface area (Å²) >= 11 is 0. The number of hydrogen-bond donors (Lipinski definition) is 0. The van der Waals surface area contributed by atoms with E-state index >= 15 is 0 Å². The minimum atomic E-state index is -6.13. The molecule has 0 aromatic heterocycles. The molecule has 70 heavy (non-hydrogen) atoms. The van der Waals surface area contributed by atoms with Gasteiger partial charge in [0.15, 0.2) is 5.78 Å². The number of rotatable bonds is 7. The van der Waals surface area contributed by atoms with Crippen molar-refractivity contribution in [2.75, 3.05) is 12.5 Å². The van der Waals surface area contributed by atoms with Gasteiger partial charge in [0.1, 0.15) is 11.9 Å². The number of hydrogen-bond acceptors (Lipinski definition) is 1. The standard InChI is InChI=1S/C32H12BF24.C11H15OS/c34-25(35,36)13-1-14(26(37,38)39)6-21(5-13)33(22-7-15(27(40,41)42)2-16(8-22)28(43,44)45,23-9-17(29(46,47)48)3-18(10-23)30(49,50)51)24-11-19(31(52,53)54)4-20(12-24)32(55,56)57;1-9(12)11-6-4-10(5-7-11)8-13(2)3/h1-12H;4-7H,8H2,1-3H3/q-1;+1. The highest BCUT2D eigenvalue weighted by Crippen LogP contribution is 2.41. The summed E-state index contributed by atoms with van der Waals surface area (Å²) in [5.41, 5.74) is -28.1. The number of carbonyl (C=O) groups excluding carboxylic acids is 1. The molecular formula is C43H27BF24OS. The molecule has 0 radical (unpaired) electrons. The minimum absolute atomic E-state index is 0.138. The van der Waals surface area contributed by atoms with E-state index in [-0.39, 0.29) is 5.78 Å². The summed E-state index contributed by atoms with van der Waals surface area (Å²) in [5, 5.41) is 0. The second kappa shape index (κ2) is 19.3. The van der Waals surface area contributed by atoms with Crippen molar-refractivity contribution in [1.29, 1.82) is 0 Å². The van der Waals surface area contributed by atoms with Gasteiger partial charge in [0.05, 0.1) is 57.0 Å². The lowest BCUT2D eigenvalue weighted by atomic mass is 9.12. The van der Waals surface area contributed by atoms with E-state index < -0.39 is 195 Å². The number of carbonyl (C=O) groups is 1. The van der Waals surface area contributed by atoms with Crippen LogP contribution in [0.3, 0.4) is 0 Å². The molecule has 1 nitrogen and oxygen atoms in total. The molecule has 0 amide bonds. The van der Waals surface area contributed by atoms with Gasteiger partial charge in [0, 0.05) is 11.1 Å². The minimum Gasteiger partial charge on any atom is -0.295 e. The van der Waals surface area contributed by atoms with Gasteiger partial charge in [-0.2, -0.15) is 127 Å². The van der Waals surface area contributed by atoms with E-state index in [2.05, 4.69) is 12.5 Å². The first-order valence-corrected chi connectivity index (χ1v) is 21.1. The predicted molar refractivity (Wildman–Crippen MR) is 209 cm³/mol. The molecule has 27 heteroatoms. The second-order valence-electron chi connectivity index (χ2n) is 15.6. The summed E-state index contributed by atoms with van der Waals surface area (Å²) in [4.78, 5) is 11.0. The van der Waals surface area contributed by atoms with Crippen LogP contribution in [0.2, 0.25) is 0 Å². The molecule has 0 unspecified atom stereocenters. The molecule has 0 saturated heterocycles. The summed E-state index contributed by atoms with van der Waals surface area (Å²) in [6.45, 7) is 1.60. The van der Waals surface area contributed by atoms with Gasteiger partial charge in [-0.25, -0.2) is 0 Å². The SMILES string of the molecule is CC(=O)c1ccc(C[S+](C)C)cc1.FC(F)(F)c1cc([B-](c2cc(C(F)(F)F)cc(C(F)(F)F)c2)(c2cc(C(F)(F)F)cc(C(F)(F)F)c2)c2cc(C(F)(F)F)cc(C(F)(F)F)c2)cc(C(F)(F)F)c1. The maximum Gasteiger partial charge on any atom is 0.416 e. The first kappa shape index (κ1) is 57.1. The molecule has 5 aromatic rings. The smallest absolute Gasteiger partial charge is 0.295 e. The lowest BCUT2D eigenvalue weighted by Crippen LogP contribution is -2.75. The van der Waals surface area contributed by atoms with E-state index in [4.69, 9.17) is 0 Å². The van der Waals surface area contributed by atoms with Crippen molar-refractivity contribution < 1.29 is 110 Å². The summed E-state index contributed by atoms with van der Waals surface area (Å²) < 4.78 is 341. The summed E-state index contributed by atoms with van der Waals surface area (Å²) in [6.07, 6.45) is -50.4. The Morgan fingerprint density at radius 2 is 0.543 bits per heavy atom. The van der Waals surface area contributed by atoms with E-state index in [1.165, 1.54) is 5.56 Å². The molecule has 5 rings (SSSR count). The lowest BCUT2D eigenvalue weighted by Gasteiger charge is -2.46. The van der Waals surface area contributed by atoms with Gasteiger partial charge in [-0.05, 0) is 42.1 Å².